The van der Waals surface area contributed by atoms with Crippen LogP contribution in [0.25, 0.3) is 0 Å². The van der Waals surface area contributed by atoms with Crippen LogP contribution >= 0.6 is 11.7 Å². The summed E-state index contributed by atoms with van der Waals surface area (Å²) in [5.41, 5.74) is 0. The van der Waals surface area contributed by atoms with Crippen molar-refractivity contribution in [3.63, 3.8) is 0 Å². The van der Waals surface area contributed by atoms with E-state index in [4.69, 9.17) is 9.84 Å². The average molecular weight is 275 g/mol. The van der Waals surface area contributed by atoms with E-state index >= 15 is 0 Å². The van der Waals surface area contributed by atoms with Gasteiger partial charge in [-0.25, -0.2) is 0 Å². The van der Waals surface area contributed by atoms with Crippen molar-refractivity contribution in [1.82, 2.24) is 14.1 Å². The van der Waals surface area contributed by atoms with Gasteiger partial charge in [-0.15, -0.1) is 4.37 Å². The molecule has 18 heavy (non-hydrogen) atoms. The maximum Gasteiger partial charge on any atom is 0.245 e. The second-order valence-corrected chi connectivity index (χ2v) is 4.71. The fourth-order valence-electron chi connectivity index (χ4n) is 1.55. The highest BCUT2D eigenvalue weighted by Gasteiger charge is 2.09. The number of aliphatic hydroxyl groups is 2. The molecule has 1 rings (SSSR count). The molecule has 0 radical (unpaired) electrons. The number of aliphatic hydroxyl groups excluding tert-OH is 2. The van der Waals surface area contributed by atoms with Gasteiger partial charge in [-0.05, 0) is 18.9 Å². The molecule has 0 aliphatic carbocycles. The number of nitrogens with zero attached hydrogens (tertiary/aromatic N) is 2. The molecule has 3 N–H and O–H groups in total. The number of aromatic nitrogens is 2. The monoisotopic (exact) mass is 275 g/mol. The third-order valence-electron chi connectivity index (χ3n) is 2.69. The van der Waals surface area contributed by atoms with Crippen LogP contribution in [0.5, 0.6) is 5.88 Å². The molecule has 0 amide bonds. The molecule has 2 atom stereocenters. The molecule has 1 aromatic rings. The molecular weight excluding hydrogens is 254 g/mol. The number of hydrogen-bond donors (Lipinski definition) is 3. The first-order valence-corrected chi connectivity index (χ1v) is 6.89. The molecule has 0 aromatic carbocycles. The summed E-state index contributed by atoms with van der Waals surface area (Å²) in [6.07, 6.45) is 2.77. The number of ether oxygens (including phenoxy) is 1. The first-order valence-electron chi connectivity index (χ1n) is 6.16. The van der Waals surface area contributed by atoms with Crippen molar-refractivity contribution in [3.05, 3.63) is 6.20 Å². The molecule has 0 bridgehead atoms. The van der Waals surface area contributed by atoms with Crippen LogP contribution in [0.2, 0.25) is 0 Å². The van der Waals surface area contributed by atoms with Crippen molar-refractivity contribution in [1.29, 1.82) is 0 Å². The van der Waals surface area contributed by atoms with Gasteiger partial charge < -0.3 is 20.3 Å². The fourth-order valence-corrected chi connectivity index (χ4v) is 1.91. The SMILES string of the molecule is CCC(CCO)CNCC(O)COc1cnsn1. The van der Waals surface area contributed by atoms with Gasteiger partial charge in [0.25, 0.3) is 0 Å². The Hall–Kier alpha value is -0.760. The summed E-state index contributed by atoms with van der Waals surface area (Å²) in [7, 11) is 0. The van der Waals surface area contributed by atoms with Gasteiger partial charge in [0.2, 0.25) is 5.88 Å². The lowest BCUT2D eigenvalue weighted by molar-refractivity contribution is 0.103. The Bertz CT molecular complexity index is 298. The summed E-state index contributed by atoms with van der Waals surface area (Å²) in [6.45, 7) is 3.78. The second kappa shape index (κ2) is 9.21. The lowest BCUT2D eigenvalue weighted by Gasteiger charge is -2.16. The van der Waals surface area contributed by atoms with Crippen molar-refractivity contribution >= 4 is 11.7 Å². The van der Waals surface area contributed by atoms with Crippen molar-refractivity contribution in [2.45, 2.75) is 25.9 Å². The van der Waals surface area contributed by atoms with Gasteiger partial charge in [0.15, 0.2) is 0 Å². The van der Waals surface area contributed by atoms with E-state index < -0.39 is 6.10 Å². The normalized spacial score (nSPS) is 14.4. The van der Waals surface area contributed by atoms with E-state index in [2.05, 4.69) is 21.0 Å². The van der Waals surface area contributed by atoms with Gasteiger partial charge in [0.05, 0.1) is 11.7 Å². The zero-order valence-corrected chi connectivity index (χ0v) is 11.4. The van der Waals surface area contributed by atoms with Crippen molar-refractivity contribution in [2.75, 3.05) is 26.3 Å². The van der Waals surface area contributed by atoms with Crippen LogP contribution in [0.1, 0.15) is 19.8 Å². The highest BCUT2D eigenvalue weighted by atomic mass is 32.1. The largest absolute Gasteiger partial charge is 0.473 e. The quantitative estimate of drug-likeness (QED) is 0.568. The minimum atomic E-state index is -0.571. The Morgan fingerprint density at radius 3 is 2.94 bits per heavy atom. The number of nitrogens with one attached hydrogen (secondary N) is 1. The predicted octanol–water partition coefficient (Wildman–Crippen LogP) is 0.276. The predicted molar refractivity (Wildman–Crippen MR) is 69.8 cm³/mol. The Morgan fingerprint density at radius 2 is 2.33 bits per heavy atom. The summed E-state index contributed by atoms with van der Waals surface area (Å²) >= 11 is 1.08. The molecule has 1 aromatic heterocycles. The van der Waals surface area contributed by atoms with Crippen LogP contribution in [-0.2, 0) is 0 Å². The average Bonchev–Trinajstić information content (AvgIpc) is 2.88. The van der Waals surface area contributed by atoms with Gasteiger partial charge in [0.1, 0.15) is 18.9 Å². The van der Waals surface area contributed by atoms with E-state index in [0.717, 1.165) is 31.1 Å². The molecule has 1 heterocycles. The number of rotatable bonds is 10. The maximum absolute atomic E-state index is 9.68. The van der Waals surface area contributed by atoms with E-state index in [-0.39, 0.29) is 13.2 Å². The molecule has 0 spiro atoms. The van der Waals surface area contributed by atoms with Crippen LogP contribution in [0.3, 0.4) is 0 Å². The maximum atomic E-state index is 9.68. The van der Waals surface area contributed by atoms with E-state index in [9.17, 15) is 5.11 Å². The third-order valence-corrected chi connectivity index (χ3v) is 3.15. The Morgan fingerprint density at radius 1 is 1.50 bits per heavy atom. The summed E-state index contributed by atoms with van der Waals surface area (Å²) in [4.78, 5) is 0. The highest BCUT2D eigenvalue weighted by Crippen LogP contribution is 2.06. The molecule has 0 aliphatic rings. The van der Waals surface area contributed by atoms with Gasteiger partial charge in [-0.2, -0.15) is 4.37 Å². The van der Waals surface area contributed by atoms with Gasteiger partial charge in [-0.3, -0.25) is 0 Å². The summed E-state index contributed by atoms with van der Waals surface area (Å²) in [5, 5.41) is 21.7. The van der Waals surface area contributed by atoms with Crippen molar-refractivity contribution in [3.8, 4) is 5.88 Å². The summed E-state index contributed by atoms with van der Waals surface area (Å²) in [5.74, 6) is 0.900. The molecule has 0 fully saturated rings. The molecule has 7 heteroatoms. The minimum Gasteiger partial charge on any atom is -0.473 e. The molecule has 0 saturated heterocycles. The highest BCUT2D eigenvalue weighted by molar-refractivity contribution is 6.99. The zero-order chi connectivity index (χ0) is 13.2. The minimum absolute atomic E-state index is 0.204. The first kappa shape index (κ1) is 15.3. The molecule has 6 nitrogen and oxygen atoms in total. The molecule has 104 valence electrons. The summed E-state index contributed by atoms with van der Waals surface area (Å²) in [6, 6.07) is 0. The molecule has 2 unspecified atom stereocenters. The van der Waals surface area contributed by atoms with E-state index in [1.54, 1.807) is 0 Å². The molecule has 0 aliphatic heterocycles. The lowest BCUT2D eigenvalue weighted by Crippen LogP contribution is -2.34. The van der Waals surface area contributed by atoms with Crippen LogP contribution in [0.15, 0.2) is 6.20 Å². The van der Waals surface area contributed by atoms with Gasteiger partial charge in [0, 0.05) is 13.2 Å². The van der Waals surface area contributed by atoms with Crippen LogP contribution in [0, 0.1) is 5.92 Å². The molecule has 0 saturated carbocycles. The standard InChI is InChI=1S/C11H21N3O3S/c1-2-9(3-4-15)5-12-6-10(16)8-17-11-7-13-18-14-11/h7,9-10,12,15-16H,2-6,8H2,1H3. The topological polar surface area (TPSA) is 87.5 Å². The third kappa shape index (κ3) is 6.25. The Balaban J connectivity index is 2.07. The van der Waals surface area contributed by atoms with Crippen LogP contribution in [-0.4, -0.2) is 51.4 Å². The zero-order valence-electron chi connectivity index (χ0n) is 10.6. The Labute approximate surface area is 111 Å². The van der Waals surface area contributed by atoms with Crippen LogP contribution < -0.4 is 10.1 Å². The smallest absolute Gasteiger partial charge is 0.245 e. The van der Waals surface area contributed by atoms with Gasteiger partial charge >= 0.3 is 0 Å². The first-order chi connectivity index (χ1) is 8.76. The fraction of sp³-hybridized carbons (Fsp3) is 0.818. The molecular formula is C11H21N3O3S. The van der Waals surface area contributed by atoms with E-state index in [0.29, 0.717) is 18.3 Å². The van der Waals surface area contributed by atoms with Gasteiger partial charge in [-0.1, -0.05) is 13.3 Å². The van der Waals surface area contributed by atoms with Crippen LogP contribution in [0.4, 0.5) is 0 Å². The summed E-state index contributed by atoms with van der Waals surface area (Å²) < 4.78 is 12.9. The van der Waals surface area contributed by atoms with E-state index in [1.165, 1.54) is 6.20 Å². The van der Waals surface area contributed by atoms with Crippen molar-refractivity contribution < 1.29 is 14.9 Å². The lowest BCUT2D eigenvalue weighted by atomic mass is 10.0. The van der Waals surface area contributed by atoms with E-state index in [1.807, 2.05) is 0 Å². The second-order valence-electron chi connectivity index (χ2n) is 4.16. The Kier molecular flexibility index (Phi) is 7.83. The number of hydrogen-bond acceptors (Lipinski definition) is 7. The van der Waals surface area contributed by atoms with Crippen molar-refractivity contribution in [2.24, 2.45) is 5.92 Å².